The van der Waals surface area contributed by atoms with E-state index in [0.29, 0.717) is 11.4 Å². The van der Waals surface area contributed by atoms with E-state index in [4.69, 9.17) is 20.9 Å². The van der Waals surface area contributed by atoms with Gasteiger partial charge in [-0.1, -0.05) is 28.9 Å². The molecule has 0 bridgehead atoms. The topological polar surface area (TPSA) is 91.3 Å². The number of aromatic nitrogens is 2. The van der Waals surface area contributed by atoms with Gasteiger partial charge in [0, 0.05) is 17.7 Å². The van der Waals surface area contributed by atoms with Crippen LogP contribution in [-0.4, -0.2) is 22.2 Å². The second kappa shape index (κ2) is 7.14. The molecule has 0 radical (unpaired) electrons. The Labute approximate surface area is 147 Å². The highest BCUT2D eigenvalue weighted by molar-refractivity contribution is 6.50. The van der Waals surface area contributed by atoms with Crippen LogP contribution in [0.25, 0.3) is 22.5 Å². The van der Waals surface area contributed by atoms with Crippen molar-refractivity contribution in [3.63, 3.8) is 0 Å². The van der Waals surface area contributed by atoms with E-state index in [1.54, 1.807) is 43.5 Å². The summed E-state index contributed by atoms with van der Waals surface area (Å²) in [6, 6.07) is 13.2. The van der Waals surface area contributed by atoms with Gasteiger partial charge < -0.3 is 9.26 Å². The molecule has 0 amide bonds. The van der Waals surface area contributed by atoms with Gasteiger partial charge in [-0.05, 0) is 35.9 Å². The third-order valence-electron chi connectivity index (χ3n) is 3.35. The first-order chi connectivity index (χ1) is 12.1. The monoisotopic (exact) mass is 357 g/mol. The second-order valence-electron chi connectivity index (χ2n) is 5.00. The molecule has 0 unspecified atom stereocenters. The predicted octanol–water partition coefficient (Wildman–Crippen LogP) is 4.39. The van der Waals surface area contributed by atoms with Crippen molar-refractivity contribution in [2.45, 2.75) is 0 Å². The lowest BCUT2D eigenvalue weighted by Gasteiger charge is -1.98. The normalized spacial score (nSPS) is 11.4. The number of halogens is 1. The molecule has 0 saturated heterocycles. The van der Waals surface area contributed by atoms with Crippen molar-refractivity contribution in [2.24, 2.45) is 0 Å². The maximum Gasteiger partial charge on any atom is 0.270 e. The average molecular weight is 358 g/mol. The molecule has 0 N–H and O–H groups in total. The summed E-state index contributed by atoms with van der Waals surface area (Å²) < 4.78 is 10.3. The highest BCUT2D eigenvalue weighted by atomic mass is 35.5. The maximum atomic E-state index is 10.8. The van der Waals surface area contributed by atoms with Gasteiger partial charge in [0.1, 0.15) is 10.8 Å². The zero-order valence-electron chi connectivity index (χ0n) is 13.0. The molecule has 0 spiro atoms. The Kier molecular flexibility index (Phi) is 4.76. The van der Waals surface area contributed by atoms with Crippen molar-refractivity contribution in [3.05, 3.63) is 70.1 Å². The number of ether oxygens (including phenoxy) is 1. The quantitative estimate of drug-likeness (QED) is 0.496. The Hall–Kier alpha value is -3.19. The molecule has 3 aromatic rings. The van der Waals surface area contributed by atoms with Crippen LogP contribution in [0.15, 0.2) is 53.1 Å². The average Bonchev–Trinajstić information content (AvgIpc) is 3.12. The molecule has 0 aliphatic rings. The molecular formula is C17H12ClN3O4. The fourth-order valence-electron chi connectivity index (χ4n) is 2.11. The first-order valence-electron chi connectivity index (χ1n) is 7.17. The van der Waals surface area contributed by atoms with Gasteiger partial charge in [0.2, 0.25) is 5.82 Å². The number of nitro groups is 1. The lowest BCUT2D eigenvalue weighted by molar-refractivity contribution is -0.384. The fraction of sp³-hybridized carbons (Fsp3) is 0.0588. The highest BCUT2D eigenvalue weighted by Crippen LogP contribution is 2.26. The van der Waals surface area contributed by atoms with E-state index in [2.05, 4.69) is 10.1 Å². The zero-order valence-corrected chi connectivity index (χ0v) is 13.8. The standard InChI is InChI=1S/C17H12ClN3O4/c1-24-14-7-5-12(6-8-14)16-19-17(25-20-16)15(18)10-11-3-2-4-13(9-11)21(22)23/h2-10H,1H3/b15-10-. The van der Waals surface area contributed by atoms with Crippen LogP contribution >= 0.6 is 11.6 Å². The first-order valence-corrected chi connectivity index (χ1v) is 7.55. The molecule has 3 rings (SSSR count). The SMILES string of the molecule is COc1ccc(-c2noc(/C(Cl)=C/c3cccc([N+](=O)[O-])c3)n2)cc1. The summed E-state index contributed by atoms with van der Waals surface area (Å²) in [4.78, 5) is 14.6. The van der Waals surface area contributed by atoms with Gasteiger partial charge in [-0.15, -0.1) is 0 Å². The Balaban J connectivity index is 1.85. The summed E-state index contributed by atoms with van der Waals surface area (Å²) in [6.07, 6.45) is 1.53. The minimum absolute atomic E-state index is 0.0253. The summed E-state index contributed by atoms with van der Waals surface area (Å²) in [7, 11) is 1.58. The first kappa shape index (κ1) is 16.7. The number of rotatable bonds is 5. The number of nitro benzene ring substituents is 1. The Bertz CT molecular complexity index is 935. The lowest BCUT2D eigenvalue weighted by atomic mass is 10.2. The molecule has 0 aliphatic heterocycles. The largest absolute Gasteiger partial charge is 0.497 e. The van der Waals surface area contributed by atoms with Crippen molar-refractivity contribution in [3.8, 4) is 17.1 Å². The zero-order chi connectivity index (χ0) is 17.8. The molecule has 1 heterocycles. The molecule has 0 fully saturated rings. The maximum absolute atomic E-state index is 10.8. The van der Waals surface area contributed by atoms with E-state index in [1.807, 2.05) is 0 Å². The van der Waals surface area contributed by atoms with E-state index in [9.17, 15) is 10.1 Å². The molecule has 7 nitrogen and oxygen atoms in total. The number of nitrogens with zero attached hydrogens (tertiary/aromatic N) is 3. The Morgan fingerprint density at radius 2 is 2.04 bits per heavy atom. The van der Waals surface area contributed by atoms with Gasteiger partial charge >= 0.3 is 0 Å². The smallest absolute Gasteiger partial charge is 0.270 e. The van der Waals surface area contributed by atoms with E-state index < -0.39 is 4.92 Å². The predicted molar refractivity (Wildman–Crippen MR) is 93.1 cm³/mol. The molecular weight excluding hydrogens is 346 g/mol. The number of non-ortho nitro benzene ring substituents is 1. The Morgan fingerprint density at radius 1 is 1.28 bits per heavy atom. The number of benzene rings is 2. The molecule has 0 aliphatic carbocycles. The van der Waals surface area contributed by atoms with Gasteiger partial charge in [-0.3, -0.25) is 10.1 Å². The second-order valence-corrected chi connectivity index (χ2v) is 5.40. The van der Waals surface area contributed by atoms with Gasteiger partial charge in [0.05, 0.1) is 12.0 Å². The molecule has 0 saturated carbocycles. The molecule has 126 valence electrons. The Morgan fingerprint density at radius 3 is 2.72 bits per heavy atom. The summed E-state index contributed by atoms with van der Waals surface area (Å²) >= 11 is 6.20. The third-order valence-corrected chi connectivity index (χ3v) is 3.62. The summed E-state index contributed by atoms with van der Waals surface area (Å²) in [5.41, 5.74) is 1.28. The number of hydrogen-bond acceptors (Lipinski definition) is 6. The molecule has 2 aromatic carbocycles. The van der Waals surface area contributed by atoms with Crippen LogP contribution in [0.4, 0.5) is 5.69 Å². The van der Waals surface area contributed by atoms with Crippen LogP contribution in [0.1, 0.15) is 11.5 Å². The third kappa shape index (κ3) is 3.84. The van der Waals surface area contributed by atoms with Crippen molar-refractivity contribution < 1.29 is 14.2 Å². The lowest BCUT2D eigenvalue weighted by Crippen LogP contribution is -1.87. The van der Waals surface area contributed by atoms with Crippen LogP contribution in [0.3, 0.4) is 0 Å². The van der Waals surface area contributed by atoms with E-state index in [1.165, 1.54) is 18.2 Å². The summed E-state index contributed by atoms with van der Waals surface area (Å²) in [5.74, 6) is 1.22. The molecule has 1 aromatic heterocycles. The molecule has 25 heavy (non-hydrogen) atoms. The van der Waals surface area contributed by atoms with E-state index in [-0.39, 0.29) is 16.6 Å². The number of methoxy groups -OCH3 is 1. The van der Waals surface area contributed by atoms with Crippen LogP contribution in [-0.2, 0) is 0 Å². The number of hydrogen-bond donors (Lipinski definition) is 0. The summed E-state index contributed by atoms with van der Waals surface area (Å²) in [6.45, 7) is 0. The van der Waals surface area contributed by atoms with Crippen LogP contribution in [0.2, 0.25) is 0 Å². The molecule has 0 atom stereocenters. The molecule has 8 heteroatoms. The van der Waals surface area contributed by atoms with Gasteiger partial charge in [0.25, 0.3) is 11.6 Å². The van der Waals surface area contributed by atoms with Crippen molar-refractivity contribution in [2.75, 3.05) is 7.11 Å². The van der Waals surface area contributed by atoms with Gasteiger partial charge in [-0.2, -0.15) is 4.98 Å². The van der Waals surface area contributed by atoms with Crippen LogP contribution < -0.4 is 4.74 Å². The summed E-state index contributed by atoms with van der Waals surface area (Å²) in [5, 5.41) is 14.9. The minimum atomic E-state index is -0.472. The van der Waals surface area contributed by atoms with E-state index >= 15 is 0 Å². The van der Waals surface area contributed by atoms with Crippen molar-refractivity contribution in [1.29, 1.82) is 0 Å². The van der Waals surface area contributed by atoms with Crippen LogP contribution in [0, 0.1) is 10.1 Å². The van der Waals surface area contributed by atoms with Crippen molar-refractivity contribution in [1.82, 2.24) is 10.1 Å². The minimum Gasteiger partial charge on any atom is -0.497 e. The fourth-order valence-corrected chi connectivity index (χ4v) is 2.32. The van der Waals surface area contributed by atoms with E-state index in [0.717, 1.165) is 11.3 Å². The highest BCUT2D eigenvalue weighted by Gasteiger charge is 2.12. The van der Waals surface area contributed by atoms with Gasteiger partial charge in [-0.25, -0.2) is 0 Å². The van der Waals surface area contributed by atoms with Crippen LogP contribution in [0.5, 0.6) is 5.75 Å². The van der Waals surface area contributed by atoms with Gasteiger partial charge in [0.15, 0.2) is 0 Å². The van der Waals surface area contributed by atoms with Crippen molar-refractivity contribution >= 4 is 28.4 Å².